The van der Waals surface area contributed by atoms with Crippen molar-refractivity contribution in [2.24, 2.45) is 11.8 Å². The van der Waals surface area contributed by atoms with E-state index in [0.29, 0.717) is 17.8 Å². The van der Waals surface area contributed by atoms with Gasteiger partial charge in [-0.15, -0.1) is 0 Å². The van der Waals surface area contributed by atoms with Crippen molar-refractivity contribution in [1.29, 1.82) is 0 Å². The van der Waals surface area contributed by atoms with Crippen molar-refractivity contribution >= 4 is 0 Å². The van der Waals surface area contributed by atoms with Gasteiger partial charge in [-0.25, -0.2) is 0 Å². The number of hydrogen-bond donors (Lipinski definition) is 0. The van der Waals surface area contributed by atoms with Gasteiger partial charge in [0.1, 0.15) is 0 Å². The third-order valence-electron chi connectivity index (χ3n) is 6.10. The molecule has 0 amide bonds. The molecule has 2 aliphatic rings. The van der Waals surface area contributed by atoms with Gasteiger partial charge in [-0.05, 0) is 74.5 Å². The Morgan fingerprint density at radius 2 is 1.48 bits per heavy atom. The molecule has 152 valence electrons. The lowest BCUT2D eigenvalue weighted by Gasteiger charge is -2.32. The Labute approximate surface area is 160 Å². The van der Waals surface area contributed by atoms with E-state index >= 15 is 0 Å². The van der Waals surface area contributed by atoms with Crippen LogP contribution < -0.4 is 0 Å². The van der Waals surface area contributed by atoms with Crippen LogP contribution in [0, 0.1) is 11.8 Å². The Hall–Kier alpha value is -1.07. The summed E-state index contributed by atoms with van der Waals surface area (Å²) in [6, 6.07) is 5.74. The summed E-state index contributed by atoms with van der Waals surface area (Å²) in [5.41, 5.74) is 0.482. The fourth-order valence-corrected chi connectivity index (χ4v) is 4.43. The number of alkyl halides is 3. The maximum Gasteiger partial charge on any atom is 0.416 e. The number of halogens is 3. The third kappa shape index (κ3) is 5.95. The van der Waals surface area contributed by atoms with Crippen LogP contribution in [0.5, 0.6) is 0 Å². The van der Waals surface area contributed by atoms with Gasteiger partial charge in [0, 0.05) is 5.92 Å². The maximum atomic E-state index is 12.7. The van der Waals surface area contributed by atoms with Crippen molar-refractivity contribution in [3.05, 3.63) is 35.4 Å². The third-order valence-corrected chi connectivity index (χ3v) is 6.10. The highest BCUT2D eigenvalue weighted by atomic mass is 19.4. The summed E-state index contributed by atoms with van der Waals surface area (Å²) in [6.07, 6.45) is 4.49. The molecule has 0 N–H and O–H groups in total. The van der Waals surface area contributed by atoms with E-state index in [1.54, 1.807) is 12.1 Å². The number of ether oxygens (including phenoxy) is 2. The highest BCUT2D eigenvalue weighted by Crippen LogP contribution is 2.39. The van der Waals surface area contributed by atoms with Gasteiger partial charge in [0.15, 0.2) is 6.29 Å². The number of benzene rings is 1. The monoisotopic (exact) mass is 384 g/mol. The molecule has 0 atom stereocenters. The van der Waals surface area contributed by atoms with Gasteiger partial charge in [-0.1, -0.05) is 25.5 Å². The molecular weight excluding hydrogens is 353 g/mol. The van der Waals surface area contributed by atoms with E-state index in [0.717, 1.165) is 57.3 Å². The standard InChI is InChI=1S/C22H31F3O2/c1-2-3-17-14-26-21(27-15-17)13-6-16-4-7-18(8-5-16)19-9-11-20(12-10-19)22(23,24)25/h9-12,16-18,21H,2-8,13-15H2,1H3. The lowest BCUT2D eigenvalue weighted by Crippen LogP contribution is -2.32. The van der Waals surface area contributed by atoms with Crippen molar-refractivity contribution in [3.63, 3.8) is 0 Å². The van der Waals surface area contributed by atoms with E-state index < -0.39 is 11.7 Å². The first kappa shape index (κ1) is 20.7. The average molecular weight is 384 g/mol. The fraction of sp³-hybridized carbons (Fsp3) is 0.727. The Balaban J connectivity index is 1.38. The molecular formula is C22H31F3O2. The van der Waals surface area contributed by atoms with E-state index in [2.05, 4.69) is 6.92 Å². The molecule has 3 rings (SSSR count). The van der Waals surface area contributed by atoms with Crippen LogP contribution in [-0.2, 0) is 15.7 Å². The smallest absolute Gasteiger partial charge is 0.352 e. The summed E-state index contributed by atoms with van der Waals surface area (Å²) in [7, 11) is 0. The Kier molecular flexibility index (Phi) is 7.21. The van der Waals surface area contributed by atoms with Gasteiger partial charge in [-0.2, -0.15) is 13.2 Å². The molecule has 0 spiro atoms. The van der Waals surface area contributed by atoms with Crippen molar-refractivity contribution in [2.75, 3.05) is 13.2 Å². The minimum absolute atomic E-state index is 0.0502. The zero-order chi connectivity index (χ0) is 19.3. The second-order valence-electron chi connectivity index (χ2n) is 8.17. The normalized spacial score (nSPS) is 29.6. The minimum Gasteiger partial charge on any atom is -0.352 e. The van der Waals surface area contributed by atoms with Crippen LogP contribution in [0.2, 0.25) is 0 Å². The first-order valence-electron chi connectivity index (χ1n) is 10.4. The molecule has 0 radical (unpaired) electrons. The SMILES string of the molecule is CCCC1COC(CCC2CCC(c3ccc(C(F)(F)F)cc3)CC2)OC1. The van der Waals surface area contributed by atoms with Gasteiger partial charge >= 0.3 is 6.18 Å². The van der Waals surface area contributed by atoms with Gasteiger partial charge in [0.05, 0.1) is 18.8 Å². The summed E-state index contributed by atoms with van der Waals surface area (Å²) in [6.45, 7) is 3.82. The second-order valence-corrected chi connectivity index (χ2v) is 8.17. The van der Waals surface area contributed by atoms with Gasteiger partial charge in [-0.3, -0.25) is 0 Å². The lowest BCUT2D eigenvalue weighted by atomic mass is 9.77. The van der Waals surface area contributed by atoms with Crippen LogP contribution >= 0.6 is 0 Å². The van der Waals surface area contributed by atoms with Gasteiger partial charge in [0.2, 0.25) is 0 Å². The summed E-state index contributed by atoms with van der Waals surface area (Å²) in [5, 5.41) is 0. The molecule has 1 aliphatic heterocycles. The lowest BCUT2D eigenvalue weighted by molar-refractivity contribution is -0.205. The maximum absolute atomic E-state index is 12.7. The Morgan fingerprint density at radius 1 is 0.852 bits per heavy atom. The molecule has 5 heteroatoms. The van der Waals surface area contributed by atoms with E-state index in [1.807, 2.05) is 0 Å². The largest absolute Gasteiger partial charge is 0.416 e. The summed E-state index contributed by atoms with van der Waals surface area (Å²) < 4.78 is 49.8. The summed E-state index contributed by atoms with van der Waals surface area (Å²) in [4.78, 5) is 0. The predicted octanol–water partition coefficient (Wildman–Crippen LogP) is 6.55. The predicted molar refractivity (Wildman–Crippen MR) is 99.5 cm³/mol. The second kappa shape index (κ2) is 9.42. The van der Waals surface area contributed by atoms with Gasteiger partial charge in [0.25, 0.3) is 0 Å². The molecule has 1 aromatic rings. The summed E-state index contributed by atoms with van der Waals surface area (Å²) >= 11 is 0. The Morgan fingerprint density at radius 3 is 2.04 bits per heavy atom. The van der Waals surface area contributed by atoms with Crippen molar-refractivity contribution in [1.82, 2.24) is 0 Å². The molecule has 0 aromatic heterocycles. The molecule has 1 aliphatic carbocycles. The molecule has 1 aromatic carbocycles. The van der Waals surface area contributed by atoms with E-state index in [-0.39, 0.29) is 6.29 Å². The van der Waals surface area contributed by atoms with E-state index in [9.17, 15) is 13.2 Å². The molecule has 0 unspecified atom stereocenters. The summed E-state index contributed by atoms with van der Waals surface area (Å²) in [5.74, 6) is 1.61. The molecule has 1 heterocycles. The Bertz CT molecular complexity index is 554. The van der Waals surface area contributed by atoms with Crippen molar-refractivity contribution < 1.29 is 22.6 Å². The quantitative estimate of drug-likeness (QED) is 0.554. The zero-order valence-electron chi connectivity index (χ0n) is 16.1. The van der Waals surface area contributed by atoms with Gasteiger partial charge < -0.3 is 9.47 Å². The molecule has 27 heavy (non-hydrogen) atoms. The molecule has 1 saturated heterocycles. The topological polar surface area (TPSA) is 18.5 Å². The highest BCUT2D eigenvalue weighted by molar-refractivity contribution is 5.27. The number of rotatable bonds is 6. The van der Waals surface area contributed by atoms with Crippen LogP contribution in [0.15, 0.2) is 24.3 Å². The first-order valence-corrected chi connectivity index (χ1v) is 10.4. The zero-order valence-corrected chi connectivity index (χ0v) is 16.1. The van der Waals surface area contributed by atoms with E-state index in [4.69, 9.17) is 9.47 Å². The van der Waals surface area contributed by atoms with Crippen molar-refractivity contribution in [2.45, 2.75) is 76.7 Å². The van der Waals surface area contributed by atoms with Crippen LogP contribution in [0.4, 0.5) is 13.2 Å². The van der Waals surface area contributed by atoms with Crippen LogP contribution in [0.25, 0.3) is 0 Å². The van der Waals surface area contributed by atoms with Crippen molar-refractivity contribution in [3.8, 4) is 0 Å². The first-order chi connectivity index (χ1) is 13.0. The molecule has 1 saturated carbocycles. The molecule has 0 bridgehead atoms. The minimum atomic E-state index is -4.25. The number of hydrogen-bond acceptors (Lipinski definition) is 2. The molecule has 2 nitrogen and oxygen atoms in total. The van der Waals surface area contributed by atoms with Crippen LogP contribution in [-0.4, -0.2) is 19.5 Å². The van der Waals surface area contributed by atoms with Crippen LogP contribution in [0.1, 0.15) is 75.3 Å². The highest BCUT2D eigenvalue weighted by Gasteiger charge is 2.31. The average Bonchev–Trinajstić information content (AvgIpc) is 2.68. The van der Waals surface area contributed by atoms with Crippen LogP contribution in [0.3, 0.4) is 0 Å². The van der Waals surface area contributed by atoms with E-state index in [1.165, 1.54) is 25.0 Å². The fourth-order valence-electron chi connectivity index (χ4n) is 4.43. The molecule has 2 fully saturated rings.